The summed E-state index contributed by atoms with van der Waals surface area (Å²) < 4.78 is 38.8. The molecule has 0 radical (unpaired) electrons. The first-order chi connectivity index (χ1) is 10.4. The van der Waals surface area contributed by atoms with Crippen LogP contribution >= 0.6 is 27.7 Å². The van der Waals surface area contributed by atoms with Gasteiger partial charge < -0.3 is 0 Å². The van der Waals surface area contributed by atoms with Gasteiger partial charge in [-0.15, -0.1) is 0 Å². The van der Waals surface area contributed by atoms with E-state index in [1.54, 1.807) is 12.1 Å². The van der Waals surface area contributed by atoms with E-state index < -0.39 is 11.7 Å². The fraction of sp³-hybridized carbons (Fsp3) is 0.133. The number of nitrogens with zero attached hydrogens (tertiary/aromatic N) is 1. The van der Waals surface area contributed by atoms with Crippen molar-refractivity contribution in [2.45, 2.75) is 16.0 Å². The normalized spacial score (nSPS) is 13.5. The van der Waals surface area contributed by atoms with Gasteiger partial charge in [0.2, 0.25) is 5.91 Å². The minimum atomic E-state index is -4.44. The SMILES string of the molecule is O=C(CBr)N1c2ccccc2Sc2ccc(C(F)(F)F)cc21. The van der Waals surface area contributed by atoms with Crippen molar-refractivity contribution in [2.75, 3.05) is 10.2 Å². The second-order valence-corrected chi connectivity index (χ2v) is 6.26. The Morgan fingerprint density at radius 2 is 1.77 bits per heavy atom. The molecule has 22 heavy (non-hydrogen) atoms. The Balaban J connectivity index is 2.19. The molecule has 0 saturated carbocycles. The zero-order chi connectivity index (χ0) is 15.9. The number of fused-ring (bicyclic) bond motifs is 2. The van der Waals surface area contributed by atoms with Crippen LogP contribution in [0.2, 0.25) is 0 Å². The number of hydrogen-bond acceptors (Lipinski definition) is 2. The van der Waals surface area contributed by atoms with E-state index in [1.807, 2.05) is 12.1 Å². The van der Waals surface area contributed by atoms with Crippen molar-refractivity contribution in [3.05, 3.63) is 48.0 Å². The lowest BCUT2D eigenvalue weighted by atomic mass is 10.1. The molecule has 114 valence electrons. The zero-order valence-corrected chi connectivity index (χ0v) is 13.4. The number of carbonyl (C=O) groups excluding carboxylic acids is 1. The summed E-state index contributed by atoms with van der Waals surface area (Å²) in [6.07, 6.45) is -4.44. The Morgan fingerprint density at radius 1 is 1.09 bits per heavy atom. The highest BCUT2D eigenvalue weighted by Crippen LogP contribution is 2.49. The lowest BCUT2D eigenvalue weighted by Crippen LogP contribution is -2.29. The highest BCUT2D eigenvalue weighted by molar-refractivity contribution is 9.09. The number of amides is 1. The molecule has 0 aromatic heterocycles. The first-order valence-corrected chi connectivity index (χ1v) is 8.22. The minimum Gasteiger partial charge on any atom is -0.278 e. The smallest absolute Gasteiger partial charge is 0.278 e. The topological polar surface area (TPSA) is 20.3 Å². The van der Waals surface area contributed by atoms with E-state index in [2.05, 4.69) is 15.9 Å². The number of carbonyl (C=O) groups is 1. The fourth-order valence-corrected chi connectivity index (χ4v) is 3.55. The quantitative estimate of drug-likeness (QED) is 0.624. The minimum absolute atomic E-state index is 0.0295. The van der Waals surface area contributed by atoms with Crippen LogP contribution in [0.5, 0.6) is 0 Å². The molecule has 0 unspecified atom stereocenters. The van der Waals surface area contributed by atoms with Crippen molar-refractivity contribution < 1.29 is 18.0 Å². The lowest BCUT2D eigenvalue weighted by molar-refractivity contribution is -0.137. The molecule has 0 fully saturated rings. The summed E-state index contributed by atoms with van der Waals surface area (Å²) in [5.74, 6) is -0.312. The van der Waals surface area contributed by atoms with Gasteiger partial charge in [-0.2, -0.15) is 13.2 Å². The number of alkyl halides is 4. The molecule has 0 N–H and O–H groups in total. The Kier molecular flexibility index (Phi) is 3.94. The second kappa shape index (κ2) is 5.62. The van der Waals surface area contributed by atoms with Gasteiger partial charge in [0.1, 0.15) is 0 Å². The van der Waals surface area contributed by atoms with Crippen LogP contribution in [0.4, 0.5) is 24.5 Å². The number of para-hydroxylation sites is 1. The van der Waals surface area contributed by atoms with Gasteiger partial charge in [0, 0.05) is 9.79 Å². The van der Waals surface area contributed by atoms with Crippen LogP contribution in [0.3, 0.4) is 0 Å². The van der Waals surface area contributed by atoms with E-state index in [4.69, 9.17) is 0 Å². The summed E-state index contributed by atoms with van der Waals surface area (Å²) >= 11 is 4.45. The van der Waals surface area contributed by atoms with Crippen molar-refractivity contribution in [2.24, 2.45) is 0 Å². The molecule has 0 spiro atoms. The molecule has 0 atom stereocenters. The number of benzene rings is 2. The summed E-state index contributed by atoms with van der Waals surface area (Å²) in [5, 5.41) is 0.0295. The Labute approximate surface area is 137 Å². The lowest BCUT2D eigenvalue weighted by Gasteiger charge is -2.31. The first-order valence-electron chi connectivity index (χ1n) is 6.29. The van der Waals surface area contributed by atoms with Crippen LogP contribution < -0.4 is 4.90 Å². The largest absolute Gasteiger partial charge is 0.416 e. The summed E-state index contributed by atoms with van der Waals surface area (Å²) in [6.45, 7) is 0. The van der Waals surface area contributed by atoms with Crippen LogP contribution in [0, 0.1) is 0 Å². The Hall–Kier alpha value is -1.47. The highest BCUT2D eigenvalue weighted by Gasteiger charge is 2.34. The van der Waals surface area contributed by atoms with Gasteiger partial charge in [-0.3, -0.25) is 9.69 Å². The third-order valence-electron chi connectivity index (χ3n) is 3.22. The molecule has 0 saturated heterocycles. The predicted molar refractivity (Wildman–Crippen MR) is 82.9 cm³/mol. The van der Waals surface area contributed by atoms with Gasteiger partial charge >= 0.3 is 6.18 Å². The third kappa shape index (κ3) is 2.63. The molecule has 2 aromatic rings. The van der Waals surface area contributed by atoms with E-state index in [0.29, 0.717) is 10.6 Å². The maximum atomic E-state index is 12.9. The summed E-state index contributed by atoms with van der Waals surface area (Å²) in [4.78, 5) is 15.0. The van der Waals surface area contributed by atoms with E-state index in [9.17, 15) is 18.0 Å². The standard InChI is InChI=1S/C15H9BrF3NOS/c16-8-14(21)20-10-3-1-2-4-12(10)22-13-6-5-9(7-11(13)20)15(17,18)19/h1-7H,8H2. The monoisotopic (exact) mass is 387 g/mol. The van der Waals surface area contributed by atoms with E-state index in [-0.39, 0.29) is 16.9 Å². The van der Waals surface area contributed by atoms with Gasteiger partial charge in [0.05, 0.1) is 22.3 Å². The molecule has 1 amide bonds. The maximum Gasteiger partial charge on any atom is 0.416 e. The molecule has 1 aliphatic rings. The number of anilines is 2. The van der Waals surface area contributed by atoms with Crippen LogP contribution in [0.1, 0.15) is 5.56 Å². The van der Waals surface area contributed by atoms with Gasteiger partial charge in [0.25, 0.3) is 0 Å². The average Bonchev–Trinajstić information content (AvgIpc) is 2.50. The van der Waals surface area contributed by atoms with Crippen LogP contribution in [-0.2, 0) is 11.0 Å². The van der Waals surface area contributed by atoms with Crippen molar-refractivity contribution >= 4 is 45.0 Å². The molecule has 7 heteroatoms. The second-order valence-electron chi connectivity index (χ2n) is 4.61. The van der Waals surface area contributed by atoms with Crippen LogP contribution in [0.15, 0.2) is 52.3 Å². The van der Waals surface area contributed by atoms with Crippen molar-refractivity contribution in [3.8, 4) is 0 Å². The molecule has 0 aliphatic carbocycles. The van der Waals surface area contributed by atoms with Crippen molar-refractivity contribution in [1.29, 1.82) is 0 Å². The molecule has 0 bridgehead atoms. The van der Waals surface area contributed by atoms with Crippen molar-refractivity contribution in [3.63, 3.8) is 0 Å². The van der Waals surface area contributed by atoms with Gasteiger partial charge in [0.15, 0.2) is 0 Å². The third-order valence-corrected chi connectivity index (χ3v) is 4.83. The number of halogens is 4. The Morgan fingerprint density at radius 3 is 2.45 bits per heavy atom. The van der Waals surface area contributed by atoms with E-state index in [0.717, 1.165) is 17.0 Å². The van der Waals surface area contributed by atoms with Crippen LogP contribution in [-0.4, -0.2) is 11.2 Å². The van der Waals surface area contributed by atoms with Crippen LogP contribution in [0.25, 0.3) is 0 Å². The number of rotatable bonds is 1. The van der Waals surface area contributed by atoms with Gasteiger partial charge in [-0.05, 0) is 30.3 Å². The summed E-state index contributed by atoms with van der Waals surface area (Å²) in [7, 11) is 0. The molecular formula is C15H9BrF3NOS. The summed E-state index contributed by atoms with van der Waals surface area (Å²) in [5.41, 5.74) is 0.102. The average molecular weight is 388 g/mol. The predicted octanol–water partition coefficient (Wildman–Crippen LogP) is 5.23. The van der Waals surface area contributed by atoms with Gasteiger partial charge in [-0.25, -0.2) is 0 Å². The molecule has 2 nitrogen and oxygen atoms in total. The molecular weight excluding hydrogens is 379 g/mol. The van der Waals surface area contributed by atoms with Crippen molar-refractivity contribution in [1.82, 2.24) is 0 Å². The summed E-state index contributed by atoms with van der Waals surface area (Å²) in [6, 6.07) is 10.6. The Bertz CT molecular complexity index is 748. The highest BCUT2D eigenvalue weighted by atomic mass is 79.9. The van der Waals surface area contributed by atoms with Gasteiger partial charge in [-0.1, -0.05) is 39.8 Å². The maximum absolute atomic E-state index is 12.9. The number of hydrogen-bond donors (Lipinski definition) is 0. The molecule has 2 aromatic carbocycles. The zero-order valence-electron chi connectivity index (χ0n) is 11.0. The molecule has 1 aliphatic heterocycles. The fourth-order valence-electron chi connectivity index (χ4n) is 2.26. The first kappa shape index (κ1) is 15.4. The molecule has 3 rings (SSSR count). The molecule has 1 heterocycles. The van der Waals surface area contributed by atoms with E-state index in [1.165, 1.54) is 22.7 Å². The van der Waals surface area contributed by atoms with E-state index >= 15 is 0 Å².